The average molecular weight is 280 g/mol. The number of hydrogen-bond donors (Lipinski definition) is 2. The fourth-order valence-electron chi connectivity index (χ4n) is 2.41. The van der Waals surface area contributed by atoms with Crippen LogP contribution >= 0.6 is 0 Å². The van der Waals surface area contributed by atoms with E-state index in [1.165, 1.54) is 0 Å². The molecule has 0 saturated heterocycles. The van der Waals surface area contributed by atoms with Gasteiger partial charge >= 0.3 is 0 Å². The van der Waals surface area contributed by atoms with Crippen LogP contribution in [0.5, 0.6) is 11.5 Å². The molecule has 0 atom stereocenters. The normalized spacial score (nSPS) is 11.4. The molecule has 0 aliphatic heterocycles. The Balaban J connectivity index is 2.51. The van der Waals surface area contributed by atoms with Crippen molar-refractivity contribution >= 4 is 17.7 Å². The smallest absolute Gasteiger partial charge is 0.116 e. The minimum Gasteiger partial charge on any atom is -0.508 e. The highest BCUT2D eigenvalue weighted by atomic mass is 16.3. The van der Waals surface area contributed by atoms with E-state index in [-0.39, 0.29) is 11.5 Å². The fourth-order valence-corrected chi connectivity index (χ4v) is 2.41. The largest absolute Gasteiger partial charge is 0.508 e. The molecule has 108 valence electrons. The Morgan fingerprint density at radius 2 is 1.67 bits per heavy atom. The van der Waals surface area contributed by atoms with E-state index in [1.54, 1.807) is 30.3 Å². The minimum atomic E-state index is 0.241. The molecule has 2 heteroatoms. The SMILES string of the molecule is C=Cc1ccc(O)cc1/C(C)=C\c1ccc(O)cc1CC. The van der Waals surface area contributed by atoms with E-state index < -0.39 is 0 Å². The predicted octanol–water partition coefficient (Wildman–Crippen LogP) is 4.86. The number of phenols is 2. The molecular weight excluding hydrogens is 260 g/mol. The highest BCUT2D eigenvalue weighted by Crippen LogP contribution is 2.28. The fraction of sp³-hybridized carbons (Fsp3) is 0.158. The first-order valence-corrected chi connectivity index (χ1v) is 7.01. The van der Waals surface area contributed by atoms with E-state index in [2.05, 4.69) is 19.6 Å². The Kier molecular flexibility index (Phi) is 4.49. The van der Waals surface area contributed by atoms with Crippen LogP contribution in [0.1, 0.15) is 36.1 Å². The highest BCUT2D eigenvalue weighted by molar-refractivity contribution is 5.85. The second-order valence-electron chi connectivity index (χ2n) is 5.04. The molecule has 0 amide bonds. The molecule has 0 fully saturated rings. The summed E-state index contributed by atoms with van der Waals surface area (Å²) in [5.74, 6) is 0.524. The van der Waals surface area contributed by atoms with E-state index in [9.17, 15) is 10.2 Å². The quantitative estimate of drug-likeness (QED) is 0.785. The van der Waals surface area contributed by atoms with Crippen molar-refractivity contribution in [3.8, 4) is 11.5 Å². The van der Waals surface area contributed by atoms with Crippen LogP contribution in [0.25, 0.3) is 17.7 Å². The molecule has 2 aromatic carbocycles. The molecule has 0 heterocycles. The summed E-state index contributed by atoms with van der Waals surface area (Å²) in [4.78, 5) is 0. The van der Waals surface area contributed by atoms with Crippen molar-refractivity contribution in [1.82, 2.24) is 0 Å². The number of benzene rings is 2. The Morgan fingerprint density at radius 3 is 2.29 bits per heavy atom. The lowest BCUT2D eigenvalue weighted by atomic mass is 9.96. The molecule has 0 unspecified atom stereocenters. The summed E-state index contributed by atoms with van der Waals surface area (Å²) in [6.45, 7) is 7.88. The van der Waals surface area contributed by atoms with Crippen molar-refractivity contribution in [2.75, 3.05) is 0 Å². The number of rotatable bonds is 4. The molecule has 2 N–H and O–H groups in total. The summed E-state index contributed by atoms with van der Waals surface area (Å²) < 4.78 is 0. The Hall–Kier alpha value is -2.48. The van der Waals surface area contributed by atoms with Crippen molar-refractivity contribution in [1.29, 1.82) is 0 Å². The topological polar surface area (TPSA) is 40.5 Å². The molecular formula is C19H20O2. The van der Waals surface area contributed by atoms with Gasteiger partial charge in [-0.15, -0.1) is 0 Å². The molecule has 21 heavy (non-hydrogen) atoms. The van der Waals surface area contributed by atoms with Crippen molar-refractivity contribution in [3.63, 3.8) is 0 Å². The minimum absolute atomic E-state index is 0.241. The lowest BCUT2D eigenvalue weighted by Crippen LogP contribution is -1.89. The standard InChI is InChI=1S/C19H20O2/c1-4-14-6-8-18(21)12-19(14)13(3)10-16-7-9-17(20)11-15(16)5-2/h4,6-12,20-21H,1,5H2,2-3H3/b13-10-. The number of aromatic hydroxyl groups is 2. The van der Waals surface area contributed by atoms with Gasteiger partial charge in [-0.2, -0.15) is 0 Å². The molecule has 0 aliphatic carbocycles. The third kappa shape index (κ3) is 3.34. The zero-order valence-electron chi connectivity index (χ0n) is 12.4. The van der Waals surface area contributed by atoms with Gasteiger partial charge in [0.15, 0.2) is 0 Å². The lowest BCUT2D eigenvalue weighted by molar-refractivity contribution is 0.474. The summed E-state index contributed by atoms with van der Waals surface area (Å²) in [6, 6.07) is 10.6. The highest BCUT2D eigenvalue weighted by Gasteiger charge is 2.06. The molecule has 0 bridgehead atoms. The van der Waals surface area contributed by atoms with E-state index in [4.69, 9.17) is 0 Å². The summed E-state index contributed by atoms with van der Waals surface area (Å²) in [5.41, 5.74) is 5.15. The first-order chi connectivity index (χ1) is 10.0. The maximum atomic E-state index is 9.69. The van der Waals surface area contributed by atoms with E-state index in [0.717, 1.165) is 34.2 Å². The summed E-state index contributed by atoms with van der Waals surface area (Å²) in [7, 11) is 0. The van der Waals surface area contributed by atoms with Crippen molar-refractivity contribution < 1.29 is 10.2 Å². The summed E-state index contributed by atoms with van der Waals surface area (Å²) in [5, 5.41) is 19.3. The maximum absolute atomic E-state index is 9.69. The third-order valence-corrected chi connectivity index (χ3v) is 3.56. The number of aryl methyl sites for hydroxylation is 1. The average Bonchev–Trinajstić information content (AvgIpc) is 2.48. The van der Waals surface area contributed by atoms with E-state index in [0.29, 0.717) is 0 Å². The van der Waals surface area contributed by atoms with Gasteiger partial charge in [0, 0.05) is 0 Å². The van der Waals surface area contributed by atoms with E-state index in [1.807, 2.05) is 19.1 Å². The Bertz CT molecular complexity index is 697. The Morgan fingerprint density at radius 1 is 1.05 bits per heavy atom. The molecule has 2 nitrogen and oxygen atoms in total. The van der Waals surface area contributed by atoms with Gasteiger partial charge in [-0.3, -0.25) is 0 Å². The monoisotopic (exact) mass is 280 g/mol. The molecule has 2 aromatic rings. The Labute approximate surface area is 125 Å². The zero-order valence-corrected chi connectivity index (χ0v) is 12.4. The van der Waals surface area contributed by atoms with Crippen LogP contribution < -0.4 is 0 Å². The molecule has 0 spiro atoms. The first kappa shape index (κ1) is 14.9. The van der Waals surface area contributed by atoms with Crippen LogP contribution in [0.15, 0.2) is 43.0 Å². The van der Waals surface area contributed by atoms with Crippen LogP contribution in [0.4, 0.5) is 0 Å². The third-order valence-electron chi connectivity index (χ3n) is 3.56. The van der Waals surface area contributed by atoms with Gasteiger partial charge in [-0.1, -0.05) is 37.8 Å². The second-order valence-corrected chi connectivity index (χ2v) is 5.04. The van der Waals surface area contributed by atoms with E-state index >= 15 is 0 Å². The number of phenolic OH excluding ortho intramolecular Hbond substituents is 2. The van der Waals surface area contributed by atoms with Crippen molar-refractivity contribution in [3.05, 3.63) is 65.2 Å². The second kappa shape index (κ2) is 6.31. The van der Waals surface area contributed by atoms with Gasteiger partial charge < -0.3 is 10.2 Å². The molecule has 0 aliphatic rings. The predicted molar refractivity (Wildman–Crippen MR) is 89.2 cm³/mol. The van der Waals surface area contributed by atoms with Gasteiger partial charge in [0.1, 0.15) is 11.5 Å². The first-order valence-electron chi connectivity index (χ1n) is 7.01. The van der Waals surface area contributed by atoms with Crippen LogP contribution in [0, 0.1) is 0 Å². The molecule has 0 saturated carbocycles. The number of allylic oxidation sites excluding steroid dienone is 1. The van der Waals surface area contributed by atoms with Crippen molar-refractivity contribution in [2.45, 2.75) is 20.3 Å². The van der Waals surface area contributed by atoms with Gasteiger partial charge in [0.2, 0.25) is 0 Å². The summed E-state index contributed by atoms with van der Waals surface area (Å²) >= 11 is 0. The maximum Gasteiger partial charge on any atom is 0.116 e. The van der Waals surface area contributed by atoms with Crippen LogP contribution in [0.3, 0.4) is 0 Å². The van der Waals surface area contributed by atoms with Crippen molar-refractivity contribution in [2.24, 2.45) is 0 Å². The van der Waals surface area contributed by atoms with Gasteiger partial charge in [0.05, 0.1) is 0 Å². The zero-order chi connectivity index (χ0) is 15.4. The molecule has 2 rings (SSSR count). The van der Waals surface area contributed by atoms with Crippen LogP contribution in [-0.2, 0) is 6.42 Å². The summed E-state index contributed by atoms with van der Waals surface area (Å²) in [6.07, 6.45) is 4.70. The van der Waals surface area contributed by atoms with Crippen LogP contribution in [-0.4, -0.2) is 10.2 Å². The molecule has 0 aromatic heterocycles. The van der Waals surface area contributed by atoms with Gasteiger partial charge in [-0.25, -0.2) is 0 Å². The number of hydrogen-bond acceptors (Lipinski definition) is 2. The van der Waals surface area contributed by atoms with Gasteiger partial charge in [-0.05, 0) is 65.4 Å². The lowest BCUT2D eigenvalue weighted by Gasteiger charge is -2.10. The van der Waals surface area contributed by atoms with Crippen LogP contribution in [0.2, 0.25) is 0 Å². The van der Waals surface area contributed by atoms with Gasteiger partial charge in [0.25, 0.3) is 0 Å². The molecule has 0 radical (unpaired) electrons.